The van der Waals surface area contributed by atoms with Gasteiger partial charge >= 0.3 is 0 Å². The van der Waals surface area contributed by atoms with Gasteiger partial charge in [0.15, 0.2) is 0 Å². The van der Waals surface area contributed by atoms with Gasteiger partial charge in [-0.2, -0.15) is 0 Å². The molecule has 5 heteroatoms. The molecule has 22 heavy (non-hydrogen) atoms. The number of rotatable bonds is 2. The molecule has 1 unspecified atom stereocenters. The summed E-state index contributed by atoms with van der Waals surface area (Å²) in [6, 6.07) is 11.9. The van der Waals surface area contributed by atoms with Crippen LogP contribution in [0, 0.1) is 0 Å². The molecule has 0 radical (unpaired) electrons. The lowest BCUT2D eigenvalue weighted by Gasteiger charge is -2.23. The van der Waals surface area contributed by atoms with Crippen molar-refractivity contribution in [3.63, 3.8) is 0 Å². The van der Waals surface area contributed by atoms with E-state index in [1.165, 1.54) is 16.7 Å². The van der Waals surface area contributed by atoms with Crippen molar-refractivity contribution in [2.45, 2.75) is 28.5 Å². The second kappa shape index (κ2) is 6.75. The van der Waals surface area contributed by atoms with Crippen molar-refractivity contribution in [1.82, 2.24) is 4.98 Å². The average molecular weight is 330 g/mol. The van der Waals surface area contributed by atoms with Gasteiger partial charge in [0.2, 0.25) is 0 Å². The highest BCUT2D eigenvalue weighted by atomic mass is 32.2. The van der Waals surface area contributed by atoms with Crippen molar-refractivity contribution in [2.24, 2.45) is 0 Å². The molecule has 0 fully saturated rings. The molecule has 2 aromatic rings. The van der Waals surface area contributed by atoms with E-state index in [9.17, 15) is 4.79 Å². The predicted octanol–water partition coefficient (Wildman–Crippen LogP) is 4.33. The zero-order valence-corrected chi connectivity index (χ0v) is 14.3. The van der Waals surface area contributed by atoms with Crippen LogP contribution >= 0.6 is 23.5 Å². The van der Waals surface area contributed by atoms with Gasteiger partial charge in [0, 0.05) is 22.9 Å². The van der Waals surface area contributed by atoms with Crippen molar-refractivity contribution in [2.75, 3.05) is 17.7 Å². The Morgan fingerprint density at radius 2 is 2.14 bits per heavy atom. The highest BCUT2D eigenvalue weighted by Gasteiger charge is 2.26. The van der Waals surface area contributed by atoms with Crippen molar-refractivity contribution in [3.8, 4) is 0 Å². The highest BCUT2D eigenvalue weighted by molar-refractivity contribution is 8.00. The number of thioether (sulfide) groups is 2. The smallest absolute Gasteiger partial charge is 0.261 e. The first-order valence-corrected chi connectivity index (χ1v) is 9.37. The Balaban J connectivity index is 2.02. The number of hydrogen-bond acceptors (Lipinski definition) is 4. The Kier molecular flexibility index (Phi) is 4.74. The molecule has 2 heterocycles. The summed E-state index contributed by atoms with van der Waals surface area (Å²) >= 11 is 3.36. The summed E-state index contributed by atoms with van der Waals surface area (Å²) in [7, 11) is 0. The molecule has 3 rings (SSSR count). The maximum atomic E-state index is 13.1. The molecule has 3 nitrogen and oxygen atoms in total. The van der Waals surface area contributed by atoms with Gasteiger partial charge < -0.3 is 4.90 Å². The Morgan fingerprint density at radius 1 is 1.32 bits per heavy atom. The van der Waals surface area contributed by atoms with Crippen molar-refractivity contribution in [1.29, 1.82) is 0 Å². The molecule has 1 aromatic carbocycles. The molecular formula is C17H18N2OS2. The molecule has 0 bridgehead atoms. The largest absolute Gasteiger partial charge is 0.307 e. The molecule has 1 aliphatic rings. The number of fused-ring (bicyclic) bond motifs is 1. The van der Waals surface area contributed by atoms with Crippen LogP contribution in [0.4, 0.5) is 5.69 Å². The standard InChI is InChI=1S/C17H18N2OS2/c1-12-9-11-19(14-7-3-4-8-15(14)22-12)17(20)13-6-5-10-18-16(13)21-2/h3-8,10,12H,9,11H2,1-2H3. The molecule has 1 atom stereocenters. The van der Waals surface area contributed by atoms with E-state index in [0.717, 1.165) is 23.7 Å². The number of amides is 1. The first kappa shape index (κ1) is 15.4. The fourth-order valence-corrected chi connectivity index (χ4v) is 4.21. The second-order valence-corrected chi connectivity index (χ2v) is 7.48. The van der Waals surface area contributed by atoms with E-state index >= 15 is 0 Å². The molecule has 0 saturated heterocycles. The van der Waals surface area contributed by atoms with Gasteiger partial charge in [0.05, 0.1) is 11.3 Å². The van der Waals surface area contributed by atoms with Crippen molar-refractivity contribution < 1.29 is 4.79 Å². The minimum Gasteiger partial charge on any atom is -0.307 e. The number of benzene rings is 1. The van der Waals surface area contributed by atoms with Gasteiger partial charge in [-0.3, -0.25) is 4.79 Å². The van der Waals surface area contributed by atoms with Gasteiger partial charge in [-0.05, 0) is 36.9 Å². The second-order valence-electron chi connectivity index (χ2n) is 5.20. The number of para-hydroxylation sites is 1. The van der Waals surface area contributed by atoms with Crippen LogP contribution in [0.1, 0.15) is 23.7 Å². The third-order valence-corrected chi connectivity index (χ3v) is 5.63. The average Bonchev–Trinajstić information content (AvgIpc) is 2.72. The highest BCUT2D eigenvalue weighted by Crippen LogP contribution is 2.38. The van der Waals surface area contributed by atoms with E-state index in [1.54, 1.807) is 6.20 Å². The molecule has 114 valence electrons. The Hall–Kier alpha value is -1.46. The molecule has 0 saturated carbocycles. The Morgan fingerprint density at radius 3 is 2.95 bits per heavy atom. The number of carbonyl (C=O) groups is 1. The SMILES string of the molecule is CSc1ncccc1C(=O)N1CCC(C)Sc2ccccc21. The van der Waals surface area contributed by atoms with Gasteiger partial charge in [-0.1, -0.05) is 19.1 Å². The molecule has 0 N–H and O–H groups in total. The zero-order chi connectivity index (χ0) is 15.5. The fourth-order valence-electron chi connectivity index (χ4n) is 2.56. The van der Waals surface area contributed by atoms with E-state index in [1.807, 2.05) is 53.2 Å². The summed E-state index contributed by atoms with van der Waals surface area (Å²) in [5.74, 6) is 0.0413. The predicted molar refractivity (Wildman–Crippen MR) is 94.1 cm³/mol. The monoisotopic (exact) mass is 330 g/mol. The number of nitrogens with zero attached hydrogens (tertiary/aromatic N) is 2. The number of hydrogen-bond donors (Lipinski definition) is 0. The first-order valence-electron chi connectivity index (χ1n) is 7.27. The number of anilines is 1. The maximum Gasteiger partial charge on any atom is 0.261 e. The van der Waals surface area contributed by atoms with Crippen LogP contribution in [0.5, 0.6) is 0 Å². The number of carbonyl (C=O) groups excluding carboxylic acids is 1. The van der Waals surface area contributed by atoms with Gasteiger partial charge in [0.25, 0.3) is 5.91 Å². The summed E-state index contributed by atoms with van der Waals surface area (Å²) in [4.78, 5) is 20.5. The van der Waals surface area contributed by atoms with Crippen LogP contribution < -0.4 is 4.90 Å². The number of aromatic nitrogens is 1. The molecule has 1 aliphatic heterocycles. The van der Waals surface area contributed by atoms with Crippen LogP contribution in [0.2, 0.25) is 0 Å². The number of pyridine rings is 1. The molecule has 0 aliphatic carbocycles. The maximum absolute atomic E-state index is 13.1. The van der Waals surface area contributed by atoms with Crippen molar-refractivity contribution in [3.05, 3.63) is 48.2 Å². The summed E-state index contributed by atoms with van der Waals surface area (Å²) in [6.07, 6.45) is 4.67. The van der Waals surface area contributed by atoms with E-state index < -0.39 is 0 Å². The molecule has 1 aromatic heterocycles. The Bertz CT molecular complexity index is 690. The van der Waals surface area contributed by atoms with Crippen LogP contribution in [0.3, 0.4) is 0 Å². The van der Waals surface area contributed by atoms with Gasteiger partial charge in [0.1, 0.15) is 5.03 Å². The minimum absolute atomic E-state index is 0.0413. The van der Waals surface area contributed by atoms with Gasteiger partial charge in [-0.25, -0.2) is 4.98 Å². The normalized spacial score (nSPS) is 17.7. The van der Waals surface area contributed by atoms with E-state index in [2.05, 4.69) is 18.0 Å². The van der Waals surface area contributed by atoms with E-state index in [4.69, 9.17) is 0 Å². The lowest BCUT2D eigenvalue weighted by atomic mass is 10.2. The molecular weight excluding hydrogens is 312 g/mol. The zero-order valence-electron chi connectivity index (χ0n) is 12.7. The molecule has 0 spiro atoms. The first-order chi connectivity index (χ1) is 10.7. The lowest BCUT2D eigenvalue weighted by molar-refractivity contribution is 0.0983. The Labute approximate surface area is 139 Å². The van der Waals surface area contributed by atoms with E-state index in [0.29, 0.717) is 10.8 Å². The third-order valence-electron chi connectivity index (χ3n) is 3.68. The summed E-state index contributed by atoms with van der Waals surface area (Å²) in [5.41, 5.74) is 1.70. The van der Waals surface area contributed by atoms with Crippen LogP contribution in [0.25, 0.3) is 0 Å². The summed E-state index contributed by atoms with van der Waals surface area (Å²) in [6.45, 7) is 2.96. The van der Waals surface area contributed by atoms with E-state index in [-0.39, 0.29) is 5.91 Å². The quantitative estimate of drug-likeness (QED) is 0.767. The lowest BCUT2D eigenvalue weighted by Crippen LogP contribution is -2.32. The summed E-state index contributed by atoms with van der Waals surface area (Å²) in [5, 5.41) is 1.29. The van der Waals surface area contributed by atoms with Crippen LogP contribution in [-0.2, 0) is 0 Å². The van der Waals surface area contributed by atoms with Crippen molar-refractivity contribution >= 4 is 35.1 Å². The minimum atomic E-state index is 0.0413. The third kappa shape index (κ3) is 3.01. The molecule has 1 amide bonds. The van der Waals surface area contributed by atoms with Crippen LogP contribution in [-0.4, -0.2) is 28.9 Å². The fraction of sp³-hybridized carbons (Fsp3) is 0.294. The summed E-state index contributed by atoms with van der Waals surface area (Å²) < 4.78 is 0. The topological polar surface area (TPSA) is 33.2 Å². The van der Waals surface area contributed by atoms with Gasteiger partial charge in [-0.15, -0.1) is 23.5 Å². The van der Waals surface area contributed by atoms with Crippen LogP contribution in [0.15, 0.2) is 52.5 Å².